The summed E-state index contributed by atoms with van der Waals surface area (Å²) in [5, 5.41) is 20.5. The normalized spacial score (nSPS) is 19.0. The summed E-state index contributed by atoms with van der Waals surface area (Å²) in [5.74, 6) is 0. The van der Waals surface area contributed by atoms with Crippen LogP contribution in [0.3, 0.4) is 0 Å². The average molecular weight is 267 g/mol. The Labute approximate surface area is 118 Å². The molecule has 1 unspecified atom stereocenters. The van der Waals surface area contributed by atoms with Gasteiger partial charge in [0.15, 0.2) is 0 Å². The van der Waals surface area contributed by atoms with E-state index in [1.807, 2.05) is 18.2 Å². The largest absolute Gasteiger partial charge is 0.394 e. The average Bonchev–Trinajstić information content (AvgIpc) is 2.53. The first-order chi connectivity index (χ1) is 9.83. The second kappa shape index (κ2) is 5.48. The molecule has 1 fully saturated rings. The van der Waals surface area contributed by atoms with Gasteiger partial charge in [0, 0.05) is 23.8 Å². The predicted octanol–water partition coefficient (Wildman–Crippen LogP) is 2.46. The standard InChI is InChI=1S/C16H17N3O/c17-10-16-15-5-4-13(9-12(15)6-7-18-16)19-8-2-1-3-14(19)11-20/h4-7,9,14,20H,1-3,8,11H2. The maximum atomic E-state index is 9.52. The highest BCUT2D eigenvalue weighted by atomic mass is 16.3. The summed E-state index contributed by atoms with van der Waals surface area (Å²) in [7, 11) is 0. The molecule has 1 N–H and O–H groups in total. The first-order valence-corrected chi connectivity index (χ1v) is 7.00. The van der Waals surface area contributed by atoms with E-state index in [1.54, 1.807) is 6.20 Å². The lowest BCUT2D eigenvalue weighted by Crippen LogP contribution is -2.41. The molecule has 0 radical (unpaired) electrons. The molecule has 2 heterocycles. The fraction of sp³-hybridized carbons (Fsp3) is 0.375. The van der Waals surface area contributed by atoms with E-state index < -0.39 is 0 Å². The lowest BCUT2D eigenvalue weighted by molar-refractivity contribution is 0.240. The molecule has 0 spiro atoms. The molecule has 1 atom stereocenters. The van der Waals surface area contributed by atoms with Crippen molar-refractivity contribution in [3.05, 3.63) is 36.2 Å². The van der Waals surface area contributed by atoms with Gasteiger partial charge < -0.3 is 10.0 Å². The van der Waals surface area contributed by atoms with Crippen LogP contribution in [0.15, 0.2) is 30.5 Å². The molecule has 20 heavy (non-hydrogen) atoms. The molecule has 1 aromatic heterocycles. The highest BCUT2D eigenvalue weighted by Crippen LogP contribution is 2.28. The number of hydrogen-bond acceptors (Lipinski definition) is 4. The van der Waals surface area contributed by atoms with Crippen molar-refractivity contribution in [2.75, 3.05) is 18.1 Å². The van der Waals surface area contributed by atoms with Crippen LogP contribution in [0.2, 0.25) is 0 Å². The molecule has 0 bridgehead atoms. The summed E-state index contributed by atoms with van der Waals surface area (Å²) in [5.41, 5.74) is 1.58. The van der Waals surface area contributed by atoms with Gasteiger partial charge in [0.05, 0.1) is 12.6 Å². The molecular formula is C16H17N3O. The van der Waals surface area contributed by atoms with Gasteiger partial charge in [-0.15, -0.1) is 0 Å². The van der Waals surface area contributed by atoms with Crippen molar-refractivity contribution in [1.29, 1.82) is 5.26 Å². The van der Waals surface area contributed by atoms with Crippen LogP contribution in [0.4, 0.5) is 5.69 Å². The van der Waals surface area contributed by atoms with Crippen LogP contribution in [0.5, 0.6) is 0 Å². The number of aliphatic hydroxyl groups is 1. The number of nitrogens with zero attached hydrogens (tertiary/aromatic N) is 3. The molecule has 4 heteroatoms. The van der Waals surface area contributed by atoms with E-state index in [0.29, 0.717) is 5.69 Å². The number of aliphatic hydroxyl groups excluding tert-OH is 1. The minimum Gasteiger partial charge on any atom is -0.394 e. The Kier molecular flexibility index (Phi) is 3.53. The zero-order valence-corrected chi connectivity index (χ0v) is 11.3. The van der Waals surface area contributed by atoms with E-state index >= 15 is 0 Å². The van der Waals surface area contributed by atoms with Gasteiger partial charge in [0.1, 0.15) is 11.8 Å². The SMILES string of the molecule is N#Cc1nccc2cc(N3CCCCC3CO)ccc12. The molecule has 102 valence electrons. The maximum Gasteiger partial charge on any atom is 0.148 e. The van der Waals surface area contributed by atoms with Crippen LogP contribution in [-0.2, 0) is 0 Å². The van der Waals surface area contributed by atoms with E-state index in [1.165, 1.54) is 6.42 Å². The number of benzene rings is 1. The van der Waals surface area contributed by atoms with E-state index in [9.17, 15) is 5.11 Å². The number of anilines is 1. The molecule has 1 saturated heterocycles. The van der Waals surface area contributed by atoms with Gasteiger partial charge in [0.25, 0.3) is 0 Å². The molecule has 1 aliphatic heterocycles. The van der Waals surface area contributed by atoms with Gasteiger partial charge in [0.2, 0.25) is 0 Å². The van der Waals surface area contributed by atoms with E-state index in [0.717, 1.165) is 35.8 Å². The van der Waals surface area contributed by atoms with E-state index in [4.69, 9.17) is 5.26 Å². The number of pyridine rings is 1. The quantitative estimate of drug-likeness (QED) is 0.908. The molecule has 0 amide bonds. The molecule has 3 rings (SSSR count). The summed E-state index contributed by atoms with van der Waals surface area (Å²) < 4.78 is 0. The topological polar surface area (TPSA) is 60.2 Å². The predicted molar refractivity (Wildman–Crippen MR) is 78.5 cm³/mol. The Balaban J connectivity index is 2.03. The zero-order chi connectivity index (χ0) is 13.9. The Morgan fingerprint density at radius 2 is 2.25 bits per heavy atom. The second-order valence-corrected chi connectivity index (χ2v) is 5.20. The van der Waals surface area contributed by atoms with Gasteiger partial charge in [-0.05, 0) is 48.9 Å². The summed E-state index contributed by atoms with van der Waals surface area (Å²) in [6.07, 6.45) is 5.05. The van der Waals surface area contributed by atoms with Crippen molar-refractivity contribution in [2.24, 2.45) is 0 Å². The van der Waals surface area contributed by atoms with Gasteiger partial charge in [-0.25, -0.2) is 4.98 Å². The summed E-state index contributed by atoms with van der Waals surface area (Å²) >= 11 is 0. The molecule has 0 aliphatic carbocycles. The molecule has 1 aromatic carbocycles. The number of hydrogen-bond donors (Lipinski definition) is 1. The Bertz CT molecular complexity index is 662. The van der Waals surface area contributed by atoms with Crippen LogP contribution in [0, 0.1) is 11.3 Å². The minimum atomic E-state index is 0.192. The third kappa shape index (κ3) is 2.21. The number of aromatic nitrogens is 1. The van der Waals surface area contributed by atoms with E-state index in [2.05, 4.69) is 22.0 Å². The highest BCUT2D eigenvalue weighted by molar-refractivity contribution is 5.89. The molecule has 2 aromatic rings. The number of fused-ring (bicyclic) bond motifs is 1. The second-order valence-electron chi connectivity index (χ2n) is 5.20. The lowest BCUT2D eigenvalue weighted by atomic mass is 10.0. The Morgan fingerprint density at radius 3 is 3.05 bits per heavy atom. The smallest absolute Gasteiger partial charge is 0.148 e. The summed E-state index contributed by atoms with van der Waals surface area (Å²) in [6, 6.07) is 10.3. The molecule has 4 nitrogen and oxygen atoms in total. The maximum absolute atomic E-state index is 9.52. The summed E-state index contributed by atoms with van der Waals surface area (Å²) in [4.78, 5) is 6.36. The molecule has 0 saturated carbocycles. The number of nitriles is 1. The van der Waals surface area contributed by atoms with Crippen LogP contribution < -0.4 is 4.90 Å². The van der Waals surface area contributed by atoms with Gasteiger partial charge >= 0.3 is 0 Å². The van der Waals surface area contributed by atoms with Crippen LogP contribution in [-0.4, -0.2) is 29.3 Å². The monoisotopic (exact) mass is 267 g/mol. The Hall–Kier alpha value is -2.12. The zero-order valence-electron chi connectivity index (χ0n) is 11.3. The third-order valence-corrected chi connectivity index (χ3v) is 4.02. The number of piperidine rings is 1. The first-order valence-electron chi connectivity index (χ1n) is 7.00. The highest BCUT2D eigenvalue weighted by Gasteiger charge is 2.22. The lowest BCUT2D eigenvalue weighted by Gasteiger charge is -2.36. The van der Waals surface area contributed by atoms with Crippen molar-refractivity contribution in [1.82, 2.24) is 4.98 Å². The van der Waals surface area contributed by atoms with Crippen molar-refractivity contribution < 1.29 is 5.11 Å². The van der Waals surface area contributed by atoms with Crippen LogP contribution in [0.1, 0.15) is 25.0 Å². The van der Waals surface area contributed by atoms with Crippen molar-refractivity contribution in [3.63, 3.8) is 0 Å². The first kappa shape index (κ1) is 12.9. The fourth-order valence-electron chi connectivity index (χ4n) is 2.96. The van der Waals surface area contributed by atoms with Crippen molar-refractivity contribution in [2.45, 2.75) is 25.3 Å². The van der Waals surface area contributed by atoms with Gasteiger partial charge in [-0.3, -0.25) is 0 Å². The van der Waals surface area contributed by atoms with E-state index in [-0.39, 0.29) is 12.6 Å². The van der Waals surface area contributed by atoms with Crippen molar-refractivity contribution >= 4 is 16.5 Å². The number of rotatable bonds is 2. The van der Waals surface area contributed by atoms with Gasteiger partial charge in [-0.1, -0.05) is 0 Å². The fourth-order valence-corrected chi connectivity index (χ4v) is 2.96. The molecule has 1 aliphatic rings. The van der Waals surface area contributed by atoms with Crippen LogP contribution >= 0.6 is 0 Å². The third-order valence-electron chi connectivity index (χ3n) is 4.02. The van der Waals surface area contributed by atoms with Crippen molar-refractivity contribution in [3.8, 4) is 6.07 Å². The molecular weight excluding hydrogens is 250 g/mol. The Morgan fingerprint density at radius 1 is 1.35 bits per heavy atom. The van der Waals surface area contributed by atoms with Crippen LogP contribution in [0.25, 0.3) is 10.8 Å². The summed E-state index contributed by atoms with van der Waals surface area (Å²) in [6.45, 7) is 1.17. The minimum absolute atomic E-state index is 0.192. The van der Waals surface area contributed by atoms with Gasteiger partial charge in [-0.2, -0.15) is 5.26 Å².